The number of halogens is 2. The Kier molecular flexibility index (Phi) is 5.07. The van der Waals surface area contributed by atoms with Crippen molar-refractivity contribution in [2.45, 2.75) is 13.0 Å². The largest absolute Gasteiger partial charge is 0.808 e. The molecule has 0 radical (unpaired) electrons. The van der Waals surface area contributed by atoms with Crippen LogP contribution in [0.1, 0.15) is 16.9 Å². The van der Waals surface area contributed by atoms with E-state index in [2.05, 4.69) is 4.90 Å². The lowest BCUT2D eigenvalue weighted by Gasteiger charge is -2.24. The Morgan fingerprint density at radius 1 is 1.36 bits per heavy atom. The zero-order valence-corrected chi connectivity index (χ0v) is 14.2. The molecular weight excluding hydrogens is 348 g/mol. The van der Waals surface area contributed by atoms with Crippen LogP contribution in [0.25, 0.3) is 17.0 Å². The fraction of sp³-hybridized carbons (Fsp3) is 0.286. The third-order valence-electron chi connectivity index (χ3n) is 3.62. The molecule has 0 amide bonds. The van der Waals surface area contributed by atoms with Crippen molar-refractivity contribution < 1.29 is 18.8 Å². The van der Waals surface area contributed by atoms with E-state index in [4.69, 9.17) is 16.0 Å². The highest BCUT2D eigenvalue weighted by Gasteiger charge is 2.22. The summed E-state index contributed by atoms with van der Waals surface area (Å²) in [6.07, 6.45) is 2.02. The molecular formula is C14H14Cl2NO4P-2. The number of hydrogen-bond acceptors (Lipinski definition) is 5. The fourth-order valence-corrected chi connectivity index (χ4v) is 3.24. The summed E-state index contributed by atoms with van der Waals surface area (Å²) >= 11 is 6.27. The maximum Gasteiger partial charge on any atom is 0.135 e. The second-order valence-corrected chi connectivity index (χ2v) is 6.97. The molecule has 0 saturated carbocycles. The molecule has 0 atom stereocenters. The van der Waals surface area contributed by atoms with E-state index in [1.807, 2.05) is 7.05 Å². The van der Waals surface area contributed by atoms with E-state index in [9.17, 15) is 14.4 Å². The molecule has 0 unspecified atom stereocenters. The van der Waals surface area contributed by atoms with Crippen LogP contribution in [0.3, 0.4) is 0 Å². The molecule has 0 fully saturated rings. The number of benzene rings is 1. The van der Waals surface area contributed by atoms with Gasteiger partial charge in [0.1, 0.15) is 11.3 Å². The highest BCUT2D eigenvalue weighted by atomic mass is 35.5. The molecule has 3 rings (SSSR count). The molecule has 120 valence electrons. The van der Waals surface area contributed by atoms with Gasteiger partial charge in [0, 0.05) is 29.1 Å². The quantitative estimate of drug-likeness (QED) is 0.767. The maximum atomic E-state index is 10.8. The summed E-state index contributed by atoms with van der Waals surface area (Å²) in [5.41, 5.74) is 2.53. The van der Waals surface area contributed by atoms with Gasteiger partial charge in [-0.05, 0) is 50.7 Å². The van der Waals surface area contributed by atoms with E-state index >= 15 is 0 Å². The number of furan rings is 1. The Hall–Kier alpha value is -0.810. The second-order valence-electron chi connectivity index (χ2n) is 5.19. The van der Waals surface area contributed by atoms with E-state index in [1.54, 1.807) is 12.1 Å². The van der Waals surface area contributed by atoms with Crippen molar-refractivity contribution >= 4 is 48.6 Å². The topological polar surface area (TPSA) is 79.6 Å². The van der Waals surface area contributed by atoms with Crippen molar-refractivity contribution in [3.63, 3.8) is 0 Å². The first kappa shape index (κ1) is 17.5. The van der Waals surface area contributed by atoms with Crippen molar-refractivity contribution in [2.24, 2.45) is 0 Å². The van der Waals surface area contributed by atoms with Crippen molar-refractivity contribution in [1.29, 1.82) is 0 Å². The average Bonchev–Trinajstić information content (AvgIpc) is 2.62. The van der Waals surface area contributed by atoms with Gasteiger partial charge in [-0.25, -0.2) is 0 Å². The lowest BCUT2D eigenvalue weighted by atomic mass is 10.0. The third-order valence-corrected chi connectivity index (χ3v) is 4.48. The van der Waals surface area contributed by atoms with Gasteiger partial charge in [-0.15, -0.1) is 12.4 Å². The SMILES string of the molecule is CN1CCc2c(Cl)ccc3oc(/C=C/P(=O)([O-])[O-])c(c23)C1.Cl. The molecule has 2 heterocycles. The van der Waals surface area contributed by atoms with Crippen LogP contribution in [0.2, 0.25) is 5.02 Å². The van der Waals surface area contributed by atoms with Crippen LogP contribution in [-0.2, 0) is 17.5 Å². The maximum absolute atomic E-state index is 10.8. The van der Waals surface area contributed by atoms with Crippen molar-refractivity contribution in [1.82, 2.24) is 4.90 Å². The smallest absolute Gasteiger partial charge is 0.135 e. The molecule has 1 aliphatic heterocycles. The molecule has 5 nitrogen and oxygen atoms in total. The van der Waals surface area contributed by atoms with Gasteiger partial charge in [-0.2, -0.15) is 0 Å². The Labute approximate surface area is 139 Å². The minimum atomic E-state index is -4.71. The van der Waals surface area contributed by atoms with Crippen molar-refractivity contribution in [2.75, 3.05) is 13.6 Å². The number of hydrogen-bond donors (Lipinski definition) is 0. The Morgan fingerprint density at radius 3 is 2.77 bits per heavy atom. The molecule has 2 aromatic rings. The second kappa shape index (κ2) is 6.36. The molecule has 1 aromatic carbocycles. The van der Waals surface area contributed by atoms with Gasteiger partial charge < -0.3 is 23.7 Å². The summed E-state index contributed by atoms with van der Waals surface area (Å²) < 4.78 is 16.5. The van der Waals surface area contributed by atoms with Gasteiger partial charge in [0.15, 0.2) is 0 Å². The lowest BCUT2D eigenvalue weighted by molar-refractivity contribution is -0.308. The van der Waals surface area contributed by atoms with Gasteiger partial charge in [0.25, 0.3) is 0 Å². The molecule has 0 aliphatic carbocycles. The Bertz CT molecular complexity index is 781. The van der Waals surface area contributed by atoms with E-state index in [-0.39, 0.29) is 12.4 Å². The monoisotopic (exact) mass is 361 g/mol. The zero-order valence-electron chi connectivity index (χ0n) is 11.7. The predicted molar refractivity (Wildman–Crippen MR) is 85.2 cm³/mol. The van der Waals surface area contributed by atoms with Crippen LogP contribution in [0.15, 0.2) is 22.4 Å². The van der Waals surface area contributed by atoms with Crippen LogP contribution >= 0.6 is 31.6 Å². The predicted octanol–water partition coefficient (Wildman–Crippen LogP) is 2.38. The molecule has 1 aliphatic rings. The molecule has 0 bridgehead atoms. The summed E-state index contributed by atoms with van der Waals surface area (Å²) in [5.74, 6) is 1.04. The molecule has 22 heavy (non-hydrogen) atoms. The standard InChI is InChI=1S/C14H15ClNO4P.ClH/c1-16-6-4-9-11(15)2-3-13-14(9)10(8-16)12(20-13)5-7-21(17,18)19;/h2-3,5,7H,4,6,8H2,1H3,(H2,17,18,19);1H/p-2/b7-5+;. The normalized spacial score (nSPS) is 16.0. The van der Waals surface area contributed by atoms with E-state index in [0.29, 0.717) is 28.7 Å². The van der Waals surface area contributed by atoms with Gasteiger partial charge in [-0.3, -0.25) is 0 Å². The molecule has 0 saturated heterocycles. The summed E-state index contributed by atoms with van der Waals surface area (Å²) in [6.45, 7) is 1.46. The van der Waals surface area contributed by atoms with Gasteiger partial charge in [0.05, 0.1) is 0 Å². The van der Waals surface area contributed by atoms with Crippen LogP contribution in [0.4, 0.5) is 0 Å². The van der Waals surface area contributed by atoms with Gasteiger partial charge >= 0.3 is 0 Å². The molecule has 8 heteroatoms. The van der Waals surface area contributed by atoms with E-state index in [1.165, 1.54) is 6.08 Å². The minimum absolute atomic E-state index is 0. The number of nitrogens with zero attached hydrogens (tertiary/aromatic N) is 1. The van der Waals surface area contributed by atoms with Crippen LogP contribution in [0.5, 0.6) is 0 Å². The summed E-state index contributed by atoms with van der Waals surface area (Å²) in [6, 6.07) is 3.54. The fourth-order valence-electron chi connectivity index (χ4n) is 2.67. The third kappa shape index (κ3) is 3.40. The van der Waals surface area contributed by atoms with Gasteiger partial charge in [-0.1, -0.05) is 11.6 Å². The number of rotatable bonds is 2. The van der Waals surface area contributed by atoms with Crippen molar-refractivity contribution in [3.8, 4) is 0 Å². The molecule has 0 spiro atoms. The van der Waals surface area contributed by atoms with Crippen LogP contribution in [0, 0.1) is 0 Å². The molecule has 0 N–H and O–H groups in total. The first-order valence-electron chi connectivity index (χ1n) is 6.47. The lowest BCUT2D eigenvalue weighted by Crippen LogP contribution is -2.18. The summed E-state index contributed by atoms with van der Waals surface area (Å²) in [4.78, 5) is 23.7. The van der Waals surface area contributed by atoms with Crippen molar-refractivity contribution in [3.05, 3.63) is 39.9 Å². The Morgan fingerprint density at radius 2 is 2.09 bits per heavy atom. The summed E-state index contributed by atoms with van der Waals surface area (Å²) in [5, 5.41) is 1.60. The average molecular weight is 362 g/mol. The molecule has 1 aromatic heterocycles. The minimum Gasteiger partial charge on any atom is -0.808 e. The highest BCUT2D eigenvalue weighted by Crippen LogP contribution is 2.37. The zero-order chi connectivity index (χ0) is 15.2. The Balaban J connectivity index is 0.00000176. The highest BCUT2D eigenvalue weighted by molar-refractivity contribution is 7.52. The van der Waals surface area contributed by atoms with Gasteiger partial charge in [0.2, 0.25) is 0 Å². The van der Waals surface area contributed by atoms with E-state index in [0.717, 1.165) is 29.5 Å². The van der Waals surface area contributed by atoms with Crippen LogP contribution < -0.4 is 9.79 Å². The summed E-state index contributed by atoms with van der Waals surface area (Å²) in [7, 11) is -2.74. The first-order valence-corrected chi connectivity index (χ1v) is 8.46. The number of likely N-dealkylation sites (N-methyl/N-ethyl adjacent to an activating group) is 1. The van der Waals surface area contributed by atoms with E-state index < -0.39 is 7.60 Å². The van der Waals surface area contributed by atoms with Crippen LogP contribution in [-0.4, -0.2) is 18.5 Å². The first-order chi connectivity index (χ1) is 9.85.